The van der Waals surface area contributed by atoms with Gasteiger partial charge in [-0.2, -0.15) is 0 Å². The van der Waals surface area contributed by atoms with E-state index in [1.807, 2.05) is 4.57 Å². The summed E-state index contributed by atoms with van der Waals surface area (Å²) in [4.78, 5) is 14.0. The van der Waals surface area contributed by atoms with Crippen molar-refractivity contribution < 1.29 is 9.47 Å². The highest BCUT2D eigenvalue weighted by Gasteiger charge is 2.21. The molecule has 0 bridgehead atoms. The van der Waals surface area contributed by atoms with Crippen molar-refractivity contribution in [1.29, 1.82) is 0 Å². The van der Waals surface area contributed by atoms with Gasteiger partial charge >= 0.3 is 0 Å². The van der Waals surface area contributed by atoms with Crippen LogP contribution in [0.3, 0.4) is 0 Å². The lowest BCUT2D eigenvalue weighted by Gasteiger charge is -2.20. The third-order valence-electron chi connectivity index (χ3n) is 7.81. The van der Waals surface area contributed by atoms with Crippen LogP contribution in [0.1, 0.15) is 114 Å². The van der Waals surface area contributed by atoms with E-state index in [4.69, 9.17) is 9.47 Å². The molecule has 0 aliphatic rings. The SMILES string of the molecule is CCCCn1c(=O)c(OCC(C)CCC)c(OC/C=C(\C)CCC=C(C)C)c2ccc(NC/C=C(\C)CCC=C(C)C)cc21. The molecule has 2 aromatic rings. The Kier molecular flexibility index (Phi) is 16.8. The van der Waals surface area contributed by atoms with Gasteiger partial charge in [-0.05, 0) is 110 Å². The maximum Gasteiger partial charge on any atom is 0.297 e. The van der Waals surface area contributed by atoms with Crippen molar-refractivity contribution in [2.75, 3.05) is 25.1 Å². The fourth-order valence-electron chi connectivity index (χ4n) is 5.11. The Morgan fingerprint density at radius 2 is 1.52 bits per heavy atom. The van der Waals surface area contributed by atoms with Crippen LogP contribution in [-0.2, 0) is 6.54 Å². The van der Waals surface area contributed by atoms with Crippen LogP contribution in [-0.4, -0.2) is 24.3 Å². The van der Waals surface area contributed by atoms with Gasteiger partial charge in [0.05, 0.1) is 12.1 Å². The highest BCUT2D eigenvalue weighted by atomic mass is 16.5. The Morgan fingerprint density at radius 1 is 0.864 bits per heavy atom. The first-order valence-corrected chi connectivity index (χ1v) is 16.8. The molecule has 44 heavy (non-hydrogen) atoms. The van der Waals surface area contributed by atoms with Crippen molar-refractivity contribution in [3.63, 3.8) is 0 Å². The molecule has 0 radical (unpaired) electrons. The molecule has 0 fully saturated rings. The number of aromatic nitrogens is 1. The summed E-state index contributed by atoms with van der Waals surface area (Å²) >= 11 is 0. The zero-order chi connectivity index (χ0) is 32.5. The number of hydrogen-bond donors (Lipinski definition) is 1. The summed E-state index contributed by atoms with van der Waals surface area (Å²) in [5.74, 6) is 1.24. The van der Waals surface area contributed by atoms with Crippen molar-refractivity contribution in [3.8, 4) is 11.5 Å². The molecule has 1 unspecified atom stereocenters. The minimum absolute atomic E-state index is 0.110. The van der Waals surface area contributed by atoms with E-state index in [1.54, 1.807) is 0 Å². The second-order valence-corrected chi connectivity index (χ2v) is 12.8. The average molecular weight is 605 g/mol. The third kappa shape index (κ3) is 12.8. The Morgan fingerprint density at radius 3 is 2.14 bits per heavy atom. The minimum atomic E-state index is -0.110. The lowest BCUT2D eigenvalue weighted by Crippen LogP contribution is -2.25. The third-order valence-corrected chi connectivity index (χ3v) is 7.81. The maximum absolute atomic E-state index is 14.0. The topological polar surface area (TPSA) is 52.5 Å². The molecule has 1 aromatic heterocycles. The molecule has 2 rings (SSSR count). The Labute approximate surface area is 268 Å². The molecule has 0 aliphatic heterocycles. The first kappa shape index (κ1) is 37.0. The maximum atomic E-state index is 14.0. The zero-order valence-corrected chi connectivity index (χ0v) is 29.3. The van der Waals surface area contributed by atoms with Crippen molar-refractivity contribution in [2.24, 2.45) is 5.92 Å². The molecule has 0 spiro atoms. The van der Waals surface area contributed by atoms with Crippen LogP contribution >= 0.6 is 0 Å². The van der Waals surface area contributed by atoms with Gasteiger partial charge in [0.2, 0.25) is 5.75 Å². The highest BCUT2D eigenvalue weighted by Crippen LogP contribution is 2.35. The molecule has 0 aliphatic carbocycles. The standard InChI is InChI=1S/C39H60N2O3/c1-10-12-25-41-36-27-34(40-24-22-31(7)18-13-16-29(3)4)20-21-35(36)37(38(39(41)42)44-28-33(9)15-11-2)43-26-23-32(8)19-14-17-30(5)6/h16-17,20-23,27,33,40H,10-15,18-19,24-26,28H2,1-9H3/b31-22+,32-23+. The normalized spacial score (nSPS) is 12.7. The number of anilines is 1. The van der Waals surface area contributed by atoms with Crippen molar-refractivity contribution in [2.45, 2.75) is 120 Å². The lowest BCUT2D eigenvalue weighted by atomic mass is 10.1. The van der Waals surface area contributed by atoms with Gasteiger partial charge in [0.15, 0.2) is 5.75 Å². The molecule has 1 heterocycles. The molecule has 0 amide bonds. The monoisotopic (exact) mass is 604 g/mol. The summed E-state index contributed by atoms with van der Waals surface area (Å²) in [5.41, 5.74) is 7.10. The Bertz CT molecular complexity index is 1350. The lowest BCUT2D eigenvalue weighted by molar-refractivity contribution is 0.233. The summed E-state index contributed by atoms with van der Waals surface area (Å²) in [7, 11) is 0. The Hall–Kier alpha value is -3.21. The minimum Gasteiger partial charge on any atom is -0.485 e. The average Bonchev–Trinajstić information content (AvgIpc) is 2.96. The fraction of sp³-hybridized carbons (Fsp3) is 0.564. The number of nitrogens with zero attached hydrogens (tertiary/aromatic N) is 1. The number of pyridine rings is 1. The number of benzene rings is 1. The molecule has 1 N–H and O–H groups in total. The number of unbranched alkanes of at least 4 members (excludes halogenated alkanes) is 1. The second kappa shape index (κ2) is 19.9. The van der Waals surface area contributed by atoms with Crippen molar-refractivity contribution >= 4 is 16.6 Å². The van der Waals surface area contributed by atoms with E-state index in [0.29, 0.717) is 37.2 Å². The number of rotatable bonds is 20. The predicted octanol–water partition coefficient (Wildman–Crippen LogP) is 10.8. The van der Waals surface area contributed by atoms with Crippen LogP contribution in [0.5, 0.6) is 11.5 Å². The molecule has 0 saturated carbocycles. The predicted molar refractivity (Wildman–Crippen MR) is 192 cm³/mol. The van der Waals surface area contributed by atoms with Crippen LogP contribution < -0.4 is 20.3 Å². The smallest absolute Gasteiger partial charge is 0.297 e. The molecule has 1 atom stereocenters. The summed E-state index contributed by atoms with van der Waals surface area (Å²) in [6.07, 6.45) is 17.1. The van der Waals surface area contributed by atoms with Gasteiger partial charge in [0, 0.05) is 24.2 Å². The van der Waals surface area contributed by atoms with Gasteiger partial charge in [-0.25, -0.2) is 0 Å². The molecule has 1 aromatic carbocycles. The fourth-order valence-corrected chi connectivity index (χ4v) is 5.11. The van der Waals surface area contributed by atoms with E-state index < -0.39 is 0 Å². The quantitative estimate of drug-likeness (QED) is 0.153. The molecule has 244 valence electrons. The first-order chi connectivity index (χ1) is 21.1. The van der Waals surface area contributed by atoms with Crippen LogP contribution in [0.4, 0.5) is 5.69 Å². The van der Waals surface area contributed by atoms with E-state index in [2.05, 4.69) is 110 Å². The summed E-state index contributed by atoms with van der Waals surface area (Å²) in [6, 6.07) is 6.25. The number of ether oxygens (including phenoxy) is 2. The summed E-state index contributed by atoms with van der Waals surface area (Å²) in [6.45, 7) is 21.7. The highest BCUT2D eigenvalue weighted by molar-refractivity contribution is 5.90. The van der Waals surface area contributed by atoms with Gasteiger partial charge in [-0.1, -0.05) is 74.1 Å². The van der Waals surface area contributed by atoms with Crippen LogP contribution in [0.2, 0.25) is 0 Å². The Balaban J connectivity index is 2.46. The number of aryl methyl sites for hydroxylation is 1. The van der Waals surface area contributed by atoms with Gasteiger partial charge in [0.1, 0.15) is 6.61 Å². The zero-order valence-electron chi connectivity index (χ0n) is 29.3. The van der Waals surface area contributed by atoms with Crippen LogP contribution in [0.15, 0.2) is 69.6 Å². The van der Waals surface area contributed by atoms with E-state index in [1.165, 1.54) is 22.3 Å². The largest absolute Gasteiger partial charge is 0.485 e. The number of allylic oxidation sites excluding steroid dienone is 6. The summed E-state index contributed by atoms with van der Waals surface area (Å²) < 4.78 is 14.6. The van der Waals surface area contributed by atoms with Crippen LogP contribution in [0.25, 0.3) is 10.9 Å². The van der Waals surface area contributed by atoms with Gasteiger partial charge in [-0.15, -0.1) is 0 Å². The number of fused-ring (bicyclic) bond motifs is 1. The summed E-state index contributed by atoms with van der Waals surface area (Å²) in [5, 5.41) is 4.46. The molecule has 5 heteroatoms. The molecular formula is C39H60N2O3. The second-order valence-electron chi connectivity index (χ2n) is 12.8. The van der Waals surface area contributed by atoms with Crippen LogP contribution in [0, 0.1) is 5.92 Å². The molecule has 0 saturated heterocycles. The van der Waals surface area contributed by atoms with E-state index in [9.17, 15) is 4.79 Å². The van der Waals surface area contributed by atoms with Gasteiger partial charge in [-0.3, -0.25) is 4.79 Å². The van der Waals surface area contributed by atoms with E-state index in [0.717, 1.165) is 74.5 Å². The van der Waals surface area contributed by atoms with Crippen molar-refractivity contribution in [3.05, 3.63) is 75.1 Å². The van der Waals surface area contributed by atoms with Gasteiger partial charge in [0.25, 0.3) is 5.56 Å². The van der Waals surface area contributed by atoms with E-state index >= 15 is 0 Å². The first-order valence-electron chi connectivity index (χ1n) is 16.8. The van der Waals surface area contributed by atoms with Crippen molar-refractivity contribution in [1.82, 2.24) is 4.57 Å². The number of nitrogens with one attached hydrogen (secondary N) is 1. The van der Waals surface area contributed by atoms with E-state index in [-0.39, 0.29) is 5.56 Å². The molecular weight excluding hydrogens is 544 g/mol. The van der Waals surface area contributed by atoms with Gasteiger partial charge < -0.3 is 19.4 Å². The molecule has 5 nitrogen and oxygen atoms in total. The number of hydrogen-bond acceptors (Lipinski definition) is 4.